The molecule has 1 heterocycles. The summed E-state index contributed by atoms with van der Waals surface area (Å²) in [6.07, 6.45) is 0. The van der Waals surface area contributed by atoms with E-state index in [1.807, 2.05) is 0 Å². The van der Waals surface area contributed by atoms with Gasteiger partial charge in [-0.15, -0.1) is 0 Å². The van der Waals surface area contributed by atoms with Gasteiger partial charge in [0.25, 0.3) is 0 Å². The van der Waals surface area contributed by atoms with Crippen LogP contribution in [0.15, 0.2) is 182 Å². The highest BCUT2D eigenvalue weighted by Crippen LogP contribution is 2.51. The lowest BCUT2D eigenvalue weighted by molar-refractivity contribution is 0.660. The van der Waals surface area contributed by atoms with Crippen molar-refractivity contribution in [3.63, 3.8) is 0 Å². The molecule has 0 amide bonds. The fraction of sp³-hybridized carbons (Fsp3) is 0.0612. The number of nitrogens with zero attached hydrogens (tertiary/aromatic N) is 2. The van der Waals surface area contributed by atoms with Gasteiger partial charge in [-0.1, -0.05) is 141 Å². The Labute approximate surface area is 298 Å². The van der Waals surface area contributed by atoms with Gasteiger partial charge < -0.3 is 9.47 Å². The molecule has 9 aromatic rings. The molecule has 0 bridgehead atoms. The average molecular weight is 653 g/mol. The van der Waals surface area contributed by atoms with E-state index in [4.69, 9.17) is 0 Å². The minimum absolute atomic E-state index is 0.0476. The second-order valence-corrected chi connectivity index (χ2v) is 14.2. The van der Waals surface area contributed by atoms with Gasteiger partial charge in [0.05, 0.1) is 11.0 Å². The summed E-state index contributed by atoms with van der Waals surface area (Å²) in [7, 11) is 0. The van der Waals surface area contributed by atoms with Gasteiger partial charge in [-0.3, -0.25) is 0 Å². The van der Waals surface area contributed by atoms with Gasteiger partial charge in [0, 0.05) is 44.3 Å². The maximum atomic E-state index is 2.43. The molecule has 2 nitrogen and oxygen atoms in total. The maximum absolute atomic E-state index is 2.43. The SMILES string of the molecule is CC1(C)c2ccccc2-c2cc(N(c3cccc(-c4ccccc4)c3)c3ccc4c(ccc5c6ccccc6n(-c6ccccc6)c45)c3)ccc21. The summed E-state index contributed by atoms with van der Waals surface area (Å²) in [6.45, 7) is 4.69. The molecule has 0 aliphatic heterocycles. The first kappa shape index (κ1) is 29.5. The Morgan fingerprint density at radius 2 is 1.08 bits per heavy atom. The number of fused-ring (bicyclic) bond motifs is 8. The predicted octanol–water partition coefficient (Wildman–Crippen LogP) is 13.4. The topological polar surface area (TPSA) is 8.17 Å². The minimum atomic E-state index is -0.0476. The molecule has 51 heavy (non-hydrogen) atoms. The number of hydrogen-bond donors (Lipinski definition) is 0. The van der Waals surface area contributed by atoms with Crippen LogP contribution >= 0.6 is 0 Å². The van der Waals surface area contributed by atoms with Crippen LogP contribution in [0.5, 0.6) is 0 Å². The summed E-state index contributed by atoms with van der Waals surface area (Å²) in [5.41, 5.74) is 14.8. The van der Waals surface area contributed by atoms with Crippen LogP contribution in [0.3, 0.4) is 0 Å². The van der Waals surface area contributed by atoms with Gasteiger partial charge in [0.15, 0.2) is 0 Å². The Kier molecular flexibility index (Phi) is 6.56. The summed E-state index contributed by atoms with van der Waals surface area (Å²) in [6, 6.07) is 66.6. The van der Waals surface area contributed by atoms with E-state index in [-0.39, 0.29) is 5.41 Å². The summed E-state index contributed by atoms with van der Waals surface area (Å²) >= 11 is 0. The van der Waals surface area contributed by atoms with Crippen LogP contribution in [0.2, 0.25) is 0 Å². The van der Waals surface area contributed by atoms with Gasteiger partial charge in [-0.25, -0.2) is 0 Å². The van der Waals surface area contributed by atoms with Crippen molar-refractivity contribution in [1.29, 1.82) is 0 Å². The lowest BCUT2D eigenvalue weighted by Gasteiger charge is -2.28. The van der Waals surface area contributed by atoms with Gasteiger partial charge in [-0.2, -0.15) is 0 Å². The Morgan fingerprint density at radius 3 is 1.94 bits per heavy atom. The third kappa shape index (κ3) is 4.57. The van der Waals surface area contributed by atoms with E-state index in [0.717, 1.165) is 17.1 Å². The second kappa shape index (κ2) is 11.3. The third-order valence-corrected chi connectivity index (χ3v) is 10.9. The van der Waals surface area contributed by atoms with E-state index in [1.165, 1.54) is 71.6 Å². The first-order chi connectivity index (χ1) is 25.1. The molecule has 242 valence electrons. The van der Waals surface area contributed by atoms with Gasteiger partial charge >= 0.3 is 0 Å². The fourth-order valence-corrected chi connectivity index (χ4v) is 8.51. The Morgan fingerprint density at radius 1 is 0.431 bits per heavy atom. The van der Waals surface area contributed by atoms with Crippen LogP contribution < -0.4 is 4.90 Å². The number of anilines is 3. The normalized spacial score (nSPS) is 13.1. The van der Waals surface area contributed by atoms with Crippen molar-refractivity contribution >= 4 is 49.6 Å². The number of para-hydroxylation sites is 2. The third-order valence-electron chi connectivity index (χ3n) is 10.9. The van der Waals surface area contributed by atoms with Crippen LogP contribution in [0.25, 0.3) is 60.5 Å². The Hall–Kier alpha value is -6.38. The molecule has 1 aliphatic carbocycles. The molecule has 1 aliphatic rings. The molecule has 2 heteroatoms. The van der Waals surface area contributed by atoms with Crippen molar-refractivity contribution in [3.05, 3.63) is 193 Å². The van der Waals surface area contributed by atoms with Gasteiger partial charge in [0.1, 0.15) is 0 Å². The highest BCUT2D eigenvalue weighted by Gasteiger charge is 2.35. The van der Waals surface area contributed by atoms with Gasteiger partial charge in [-0.05, 0) is 93.4 Å². The zero-order valence-corrected chi connectivity index (χ0v) is 28.7. The largest absolute Gasteiger partial charge is 0.310 e. The van der Waals surface area contributed by atoms with Crippen LogP contribution in [-0.4, -0.2) is 4.57 Å². The molecule has 0 N–H and O–H groups in total. The van der Waals surface area contributed by atoms with Crippen molar-refractivity contribution < 1.29 is 0 Å². The molecule has 8 aromatic carbocycles. The molecular formula is C49H36N2. The van der Waals surface area contributed by atoms with E-state index in [9.17, 15) is 0 Å². The molecular weight excluding hydrogens is 617 g/mol. The van der Waals surface area contributed by atoms with E-state index >= 15 is 0 Å². The average Bonchev–Trinajstić information content (AvgIpc) is 3.64. The number of benzene rings is 8. The standard InChI is InChI=1S/C49H36N2/c1-49(2)45-22-11-9-20-41(45)44-32-39(26-29-46(44)49)50(37-19-13-16-34(30-37)33-14-5-3-6-15-33)38-25-28-40-35(31-38)24-27-43-42-21-10-12-23-47(42)51(48(40)43)36-17-7-4-8-18-36/h3-32H,1-2H3. The molecule has 0 atom stereocenters. The minimum Gasteiger partial charge on any atom is -0.310 e. The van der Waals surface area contributed by atoms with Crippen LogP contribution in [0.1, 0.15) is 25.0 Å². The van der Waals surface area contributed by atoms with Crippen molar-refractivity contribution in [2.75, 3.05) is 4.90 Å². The number of hydrogen-bond acceptors (Lipinski definition) is 1. The van der Waals surface area contributed by atoms with Gasteiger partial charge in [0.2, 0.25) is 0 Å². The van der Waals surface area contributed by atoms with E-state index in [1.54, 1.807) is 0 Å². The number of rotatable bonds is 5. The van der Waals surface area contributed by atoms with E-state index in [2.05, 4.69) is 205 Å². The van der Waals surface area contributed by atoms with Crippen LogP contribution in [-0.2, 0) is 5.41 Å². The summed E-state index contributed by atoms with van der Waals surface area (Å²) in [5, 5.41) is 4.97. The monoisotopic (exact) mass is 652 g/mol. The molecule has 0 radical (unpaired) electrons. The summed E-state index contributed by atoms with van der Waals surface area (Å²) in [5.74, 6) is 0. The predicted molar refractivity (Wildman–Crippen MR) is 216 cm³/mol. The summed E-state index contributed by atoms with van der Waals surface area (Å²) in [4.78, 5) is 2.43. The maximum Gasteiger partial charge on any atom is 0.0619 e. The summed E-state index contributed by atoms with van der Waals surface area (Å²) < 4.78 is 2.42. The first-order valence-corrected chi connectivity index (χ1v) is 17.8. The lowest BCUT2D eigenvalue weighted by atomic mass is 9.82. The molecule has 10 rings (SSSR count). The fourth-order valence-electron chi connectivity index (χ4n) is 8.51. The van der Waals surface area contributed by atoms with Crippen LogP contribution in [0, 0.1) is 0 Å². The zero-order chi connectivity index (χ0) is 34.1. The van der Waals surface area contributed by atoms with Crippen molar-refractivity contribution in [2.45, 2.75) is 19.3 Å². The molecule has 1 aromatic heterocycles. The first-order valence-electron chi connectivity index (χ1n) is 17.8. The second-order valence-electron chi connectivity index (χ2n) is 14.2. The highest BCUT2D eigenvalue weighted by atomic mass is 15.1. The van der Waals surface area contributed by atoms with Crippen LogP contribution in [0.4, 0.5) is 17.1 Å². The Bertz CT molecular complexity index is 2770. The lowest BCUT2D eigenvalue weighted by Crippen LogP contribution is -2.15. The molecule has 0 fully saturated rings. The van der Waals surface area contributed by atoms with E-state index < -0.39 is 0 Å². The van der Waals surface area contributed by atoms with Crippen molar-refractivity contribution in [2.24, 2.45) is 0 Å². The smallest absolute Gasteiger partial charge is 0.0619 e. The van der Waals surface area contributed by atoms with Crippen molar-refractivity contribution in [3.8, 4) is 27.9 Å². The number of aromatic nitrogens is 1. The highest BCUT2D eigenvalue weighted by molar-refractivity contribution is 6.19. The Balaban J connectivity index is 1.20. The molecule has 0 spiro atoms. The molecule has 0 saturated heterocycles. The quantitative estimate of drug-likeness (QED) is 0.180. The molecule has 0 unspecified atom stereocenters. The van der Waals surface area contributed by atoms with E-state index in [0.29, 0.717) is 0 Å². The van der Waals surface area contributed by atoms with Crippen molar-refractivity contribution in [1.82, 2.24) is 4.57 Å². The molecule has 0 saturated carbocycles. The zero-order valence-electron chi connectivity index (χ0n) is 28.7.